The van der Waals surface area contributed by atoms with Gasteiger partial charge in [-0.15, -0.1) is 0 Å². The number of rotatable bonds is 4. The molecule has 112 valence electrons. The second-order valence-corrected chi connectivity index (χ2v) is 5.27. The number of halogens is 3. The summed E-state index contributed by atoms with van der Waals surface area (Å²) in [7, 11) is 0. The van der Waals surface area contributed by atoms with Gasteiger partial charge in [-0.1, -0.05) is 12.1 Å². The number of aryl methyl sites for hydroxylation is 1. The predicted octanol–water partition coefficient (Wildman–Crippen LogP) is 4.37. The lowest BCUT2D eigenvalue weighted by Crippen LogP contribution is -2.06. The number of carbonyl (C=O) groups excluding carboxylic acids is 1. The molecule has 2 rings (SSSR count). The average Bonchev–Trinajstić information content (AvgIpc) is 2.87. The van der Waals surface area contributed by atoms with Gasteiger partial charge in [-0.3, -0.25) is 0 Å². The molecule has 0 atom stereocenters. The number of hydrogen-bond donors (Lipinski definition) is 0. The Kier molecular flexibility index (Phi) is 4.92. The van der Waals surface area contributed by atoms with Gasteiger partial charge >= 0.3 is 5.97 Å². The van der Waals surface area contributed by atoms with Crippen molar-refractivity contribution in [2.24, 2.45) is 0 Å². The average molecular weight is 407 g/mol. The van der Waals surface area contributed by atoms with Crippen LogP contribution in [-0.4, -0.2) is 17.6 Å². The number of benzene rings is 1. The Morgan fingerprint density at radius 2 is 2.19 bits per heavy atom. The lowest BCUT2D eigenvalue weighted by atomic mass is 10.1. The van der Waals surface area contributed by atoms with Crippen LogP contribution in [0.5, 0.6) is 0 Å². The molecule has 1 aromatic carbocycles. The third-order valence-electron chi connectivity index (χ3n) is 2.74. The highest BCUT2D eigenvalue weighted by molar-refractivity contribution is 14.1. The minimum Gasteiger partial charge on any atom is -0.460 e. The molecular weight excluding hydrogens is 395 g/mol. The van der Waals surface area contributed by atoms with Gasteiger partial charge in [-0.25, -0.2) is 18.6 Å². The lowest BCUT2D eigenvalue weighted by Gasteiger charge is -2.02. The van der Waals surface area contributed by atoms with Crippen molar-refractivity contribution in [1.82, 2.24) is 4.98 Å². The van der Waals surface area contributed by atoms with E-state index in [1.54, 1.807) is 19.1 Å². The number of hydrogen-bond acceptors (Lipinski definition) is 4. The van der Waals surface area contributed by atoms with E-state index in [4.69, 9.17) is 9.15 Å². The molecule has 0 saturated carbocycles. The molecule has 0 saturated heterocycles. The number of ether oxygens (including phenoxy) is 1. The highest BCUT2D eigenvalue weighted by Crippen LogP contribution is 2.32. The van der Waals surface area contributed by atoms with E-state index in [1.165, 1.54) is 0 Å². The first-order valence-corrected chi connectivity index (χ1v) is 7.25. The van der Waals surface area contributed by atoms with E-state index in [9.17, 15) is 13.6 Å². The Morgan fingerprint density at radius 3 is 2.81 bits per heavy atom. The summed E-state index contributed by atoms with van der Waals surface area (Å²) in [4.78, 5) is 15.4. The van der Waals surface area contributed by atoms with Gasteiger partial charge in [-0.05, 0) is 48.1 Å². The summed E-state index contributed by atoms with van der Waals surface area (Å²) in [5.41, 5.74) is 0.830. The van der Waals surface area contributed by atoms with E-state index in [2.05, 4.69) is 27.6 Å². The molecule has 0 radical (unpaired) electrons. The molecule has 2 aromatic rings. The van der Waals surface area contributed by atoms with Crippen molar-refractivity contribution in [2.45, 2.75) is 20.3 Å². The number of aromatic nitrogens is 1. The van der Waals surface area contributed by atoms with Crippen molar-refractivity contribution in [3.63, 3.8) is 0 Å². The van der Waals surface area contributed by atoms with E-state index in [1.807, 2.05) is 13.0 Å². The maximum Gasteiger partial charge on any atom is 0.376 e. The standard InChI is InChI=1S/C14H12F2INO3/c1-3-20-14(19)11-10(12(15)16)18-13(21-11)8-6-4-5-7(2)9(8)17/h4-6,12H,3H2,1-2H3. The summed E-state index contributed by atoms with van der Waals surface area (Å²) in [6.45, 7) is 3.54. The maximum atomic E-state index is 13.0. The van der Waals surface area contributed by atoms with Crippen LogP contribution >= 0.6 is 22.6 Å². The zero-order valence-electron chi connectivity index (χ0n) is 11.3. The first kappa shape index (κ1) is 15.9. The molecule has 0 bridgehead atoms. The number of oxazole rings is 1. The third kappa shape index (κ3) is 3.22. The minimum atomic E-state index is -2.91. The predicted molar refractivity (Wildman–Crippen MR) is 80.3 cm³/mol. The number of nitrogens with zero attached hydrogens (tertiary/aromatic N) is 1. The Labute approximate surface area is 133 Å². The Hall–Kier alpha value is -1.51. The second kappa shape index (κ2) is 6.50. The van der Waals surface area contributed by atoms with Crippen LogP contribution in [0.15, 0.2) is 22.6 Å². The van der Waals surface area contributed by atoms with Crippen LogP contribution in [0.4, 0.5) is 8.78 Å². The van der Waals surface area contributed by atoms with Crippen molar-refractivity contribution in [3.8, 4) is 11.5 Å². The van der Waals surface area contributed by atoms with Crippen LogP contribution < -0.4 is 0 Å². The highest BCUT2D eigenvalue weighted by Gasteiger charge is 2.28. The molecule has 1 heterocycles. The first-order valence-electron chi connectivity index (χ1n) is 6.17. The molecule has 21 heavy (non-hydrogen) atoms. The second-order valence-electron chi connectivity index (χ2n) is 4.19. The van der Waals surface area contributed by atoms with Crippen LogP contribution in [0.2, 0.25) is 0 Å². The molecule has 0 unspecified atom stereocenters. The fraction of sp³-hybridized carbons (Fsp3) is 0.286. The normalized spacial score (nSPS) is 11.0. The van der Waals surface area contributed by atoms with Crippen molar-refractivity contribution in [1.29, 1.82) is 0 Å². The van der Waals surface area contributed by atoms with Gasteiger partial charge in [-0.2, -0.15) is 0 Å². The molecule has 4 nitrogen and oxygen atoms in total. The summed E-state index contributed by atoms with van der Waals surface area (Å²) in [5, 5.41) is 0. The summed E-state index contributed by atoms with van der Waals surface area (Å²) >= 11 is 2.08. The number of esters is 1. The molecule has 7 heteroatoms. The van der Waals surface area contributed by atoms with Gasteiger partial charge in [0.2, 0.25) is 11.7 Å². The van der Waals surface area contributed by atoms with Gasteiger partial charge in [0.15, 0.2) is 5.69 Å². The summed E-state index contributed by atoms with van der Waals surface area (Å²) in [6, 6.07) is 5.35. The molecule has 0 aliphatic carbocycles. The Balaban J connectivity index is 2.54. The van der Waals surface area contributed by atoms with Crippen molar-refractivity contribution >= 4 is 28.6 Å². The van der Waals surface area contributed by atoms with Gasteiger partial charge in [0.05, 0.1) is 12.2 Å². The number of alkyl halides is 2. The molecular formula is C14H12F2INO3. The van der Waals surface area contributed by atoms with Gasteiger partial charge in [0.1, 0.15) is 0 Å². The Bertz CT molecular complexity index is 670. The van der Waals surface area contributed by atoms with Crippen molar-refractivity contribution in [2.75, 3.05) is 6.61 Å². The monoisotopic (exact) mass is 407 g/mol. The zero-order chi connectivity index (χ0) is 15.6. The molecule has 0 aliphatic rings. The van der Waals surface area contributed by atoms with Crippen LogP contribution in [0.3, 0.4) is 0 Å². The van der Waals surface area contributed by atoms with Gasteiger partial charge in [0.25, 0.3) is 6.43 Å². The third-order valence-corrected chi connectivity index (χ3v) is 4.17. The quantitative estimate of drug-likeness (QED) is 0.558. The fourth-order valence-corrected chi connectivity index (χ4v) is 2.34. The minimum absolute atomic E-state index is 0.0125. The van der Waals surface area contributed by atoms with Crippen molar-refractivity contribution in [3.05, 3.63) is 38.8 Å². The smallest absolute Gasteiger partial charge is 0.376 e. The molecule has 0 amide bonds. The van der Waals surface area contributed by atoms with Crippen LogP contribution in [-0.2, 0) is 4.74 Å². The Morgan fingerprint density at radius 1 is 1.48 bits per heavy atom. The van der Waals surface area contributed by atoms with E-state index in [0.717, 1.165) is 9.13 Å². The van der Waals surface area contributed by atoms with Crippen LogP contribution in [0, 0.1) is 10.5 Å². The summed E-state index contributed by atoms with van der Waals surface area (Å²) in [5.74, 6) is -1.49. The zero-order valence-corrected chi connectivity index (χ0v) is 13.5. The molecule has 0 N–H and O–H groups in total. The van der Waals surface area contributed by atoms with E-state index < -0.39 is 23.8 Å². The fourth-order valence-electron chi connectivity index (χ4n) is 1.75. The SMILES string of the molecule is CCOC(=O)c1oc(-c2cccc(C)c2I)nc1C(F)F. The number of carbonyl (C=O) groups is 1. The molecule has 0 fully saturated rings. The molecule has 0 spiro atoms. The van der Waals surface area contributed by atoms with Crippen LogP contribution in [0.25, 0.3) is 11.5 Å². The van der Waals surface area contributed by atoms with Crippen molar-refractivity contribution < 1.29 is 22.7 Å². The largest absolute Gasteiger partial charge is 0.460 e. The van der Waals surface area contributed by atoms with E-state index in [-0.39, 0.29) is 12.5 Å². The van der Waals surface area contributed by atoms with Gasteiger partial charge in [0, 0.05) is 3.57 Å². The highest BCUT2D eigenvalue weighted by atomic mass is 127. The topological polar surface area (TPSA) is 52.3 Å². The van der Waals surface area contributed by atoms with E-state index >= 15 is 0 Å². The first-order chi connectivity index (χ1) is 9.95. The maximum absolute atomic E-state index is 13.0. The van der Waals surface area contributed by atoms with Crippen LogP contribution in [0.1, 0.15) is 35.2 Å². The lowest BCUT2D eigenvalue weighted by molar-refractivity contribution is 0.0476. The summed E-state index contributed by atoms with van der Waals surface area (Å²) in [6.07, 6.45) is -2.91. The molecule has 0 aliphatic heterocycles. The van der Waals surface area contributed by atoms with Gasteiger partial charge < -0.3 is 9.15 Å². The molecule has 1 aromatic heterocycles. The summed E-state index contributed by atoms with van der Waals surface area (Å²) < 4.78 is 36.8. The van der Waals surface area contributed by atoms with E-state index in [0.29, 0.717) is 5.56 Å².